The summed E-state index contributed by atoms with van der Waals surface area (Å²) >= 11 is 1.61. The SMILES string of the molecule is CCCC(C)NC(=O)[C@H](CSCc1ccccc1)NC(=O)[C@H]1C[C@@H]1C(=O)OCC. The molecule has 0 heterocycles. The molecule has 29 heavy (non-hydrogen) atoms. The van der Waals surface area contributed by atoms with Gasteiger partial charge in [0.2, 0.25) is 11.8 Å². The number of carbonyl (C=O) groups excluding carboxylic acids is 3. The summed E-state index contributed by atoms with van der Waals surface area (Å²) in [5.41, 5.74) is 1.17. The molecule has 160 valence electrons. The number of ether oxygens (including phenoxy) is 1. The second-order valence-corrected chi connectivity index (χ2v) is 8.49. The first-order chi connectivity index (χ1) is 14.0. The van der Waals surface area contributed by atoms with Crippen molar-refractivity contribution in [1.82, 2.24) is 10.6 Å². The Labute approximate surface area is 177 Å². The molecule has 1 unspecified atom stereocenters. The van der Waals surface area contributed by atoms with Crippen LogP contribution in [0.2, 0.25) is 0 Å². The lowest BCUT2D eigenvalue weighted by Gasteiger charge is -2.21. The lowest BCUT2D eigenvalue weighted by atomic mass is 10.2. The molecule has 2 rings (SSSR count). The van der Waals surface area contributed by atoms with E-state index in [2.05, 4.69) is 17.6 Å². The molecule has 7 heteroatoms. The molecule has 0 saturated heterocycles. The zero-order chi connectivity index (χ0) is 21.2. The highest BCUT2D eigenvalue weighted by atomic mass is 32.2. The van der Waals surface area contributed by atoms with Crippen molar-refractivity contribution in [2.24, 2.45) is 11.8 Å². The summed E-state index contributed by atoms with van der Waals surface area (Å²) in [5.74, 6) is -0.281. The number of carbonyl (C=O) groups is 3. The van der Waals surface area contributed by atoms with Gasteiger partial charge in [0.15, 0.2) is 0 Å². The van der Waals surface area contributed by atoms with Gasteiger partial charge in [-0.1, -0.05) is 43.7 Å². The maximum atomic E-state index is 12.7. The molecule has 1 saturated carbocycles. The van der Waals surface area contributed by atoms with Gasteiger partial charge >= 0.3 is 5.97 Å². The summed E-state index contributed by atoms with van der Waals surface area (Å²) in [5, 5.41) is 5.85. The van der Waals surface area contributed by atoms with E-state index in [4.69, 9.17) is 4.74 Å². The summed E-state index contributed by atoms with van der Waals surface area (Å²) in [4.78, 5) is 37.1. The molecule has 6 nitrogen and oxygen atoms in total. The number of benzene rings is 1. The third kappa shape index (κ3) is 7.72. The largest absolute Gasteiger partial charge is 0.466 e. The molecule has 1 fully saturated rings. The minimum absolute atomic E-state index is 0.0548. The van der Waals surface area contributed by atoms with Crippen LogP contribution in [0.15, 0.2) is 30.3 Å². The van der Waals surface area contributed by atoms with E-state index in [1.54, 1.807) is 18.7 Å². The number of nitrogens with one attached hydrogen (secondary N) is 2. The van der Waals surface area contributed by atoms with Crippen molar-refractivity contribution in [3.05, 3.63) is 35.9 Å². The Morgan fingerprint density at radius 1 is 1.14 bits per heavy atom. The van der Waals surface area contributed by atoms with Crippen LogP contribution in [-0.2, 0) is 24.9 Å². The lowest BCUT2D eigenvalue weighted by Crippen LogP contribution is -2.51. The van der Waals surface area contributed by atoms with Crippen LogP contribution in [0.5, 0.6) is 0 Å². The molecular formula is C22H32N2O4S. The summed E-state index contributed by atoms with van der Waals surface area (Å²) in [6.45, 7) is 6.09. The second-order valence-electron chi connectivity index (χ2n) is 7.46. The highest BCUT2D eigenvalue weighted by molar-refractivity contribution is 7.98. The van der Waals surface area contributed by atoms with Crippen molar-refractivity contribution < 1.29 is 19.1 Å². The summed E-state index contributed by atoms with van der Waals surface area (Å²) in [7, 11) is 0. The fraction of sp³-hybridized carbons (Fsp3) is 0.591. The first-order valence-electron chi connectivity index (χ1n) is 10.3. The molecule has 0 spiro atoms. The molecule has 1 aliphatic rings. The van der Waals surface area contributed by atoms with Gasteiger partial charge in [-0.15, -0.1) is 0 Å². The Kier molecular flexibility index (Phi) is 9.51. The predicted octanol–water partition coefficient (Wildman–Crippen LogP) is 2.91. The Balaban J connectivity index is 1.91. The number of hydrogen-bond acceptors (Lipinski definition) is 5. The normalized spacial score (nSPS) is 19.7. The summed E-state index contributed by atoms with van der Waals surface area (Å²) < 4.78 is 4.99. The molecular weight excluding hydrogens is 388 g/mol. The molecule has 0 bridgehead atoms. The smallest absolute Gasteiger partial charge is 0.309 e. The molecule has 4 atom stereocenters. The molecule has 0 aromatic heterocycles. The van der Waals surface area contributed by atoms with E-state index in [-0.39, 0.29) is 29.7 Å². The van der Waals surface area contributed by atoms with E-state index in [0.29, 0.717) is 18.8 Å². The van der Waals surface area contributed by atoms with Crippen LogP contribution in [-0.4, -0.2) is 42.2 Å². The Morgan fingerprint density at radius 3 is 2.52 bits per heavy atom. The number of rotatable bonds is 12. The van der Waals surface area contributed by atoms with Gasteiger partial charge < -0.3 is 15.4 Å². The van der Waals surface area contributed by atoms with E-state index in [1.807, 2.05) is 37.3 Å². The van der Waals surface area contributed by atoms with Crippen molar-refractivity contribution in [2.75, 3.05) is 12.4 Å². The molecule has 1 aromatic rings. The molecule has 0 aliphatic heterocycles. The van der Waals surface area contributed by atoms with Gasteiger partial charge in [-0.3, -0.25) is 14.4 Å². The zero-order valence-electron chi connectivity index (χ0n) is 17.5. The highest BCUT2D eigenvalue weighted by Gasteiger charge is 2.49. The van der Waals surface area contributed by atoms with Crippen molar-refractivity contribution in [1.29, 1.82) is 0 Å². The van der Waals surface area contributed by atoms with E-state index >= 15 is 0 Å². The fourth-order valence-electron chi connectivity index (χ4n) is 3.17. The second kappa shape index (κ2) is 11.9. The molecule has 0 radical (unpaired) electrons. The van der Waals surface area contributed by atoms with Crippen molar-refractivity contribution in [2.45, 2.75) is 57.9 Å². The van der Waals surface area contributed by atoms with Gasteiger partial charge in [-0.25, -0.2) is 0 Å². The maximum Gasteiger partial charge on any atom is 0.309 e. The Bertz CT molecular complexity index is 683. The third-order valence-electron chi connectivity index (χ3n) is 4.86. The van der Waals surface area contributed by atoms with Crippen LogP contribution in [0.3, 0.4) is 0 Å². The van der Waals surface area contributed by atoms with Gasteiger partial charge in [0.1, 0.15) is 6.04 Å². The number of esters is 1. The molecule has 1 aliphatic carbocycles. The van der Waals surface area contributed by atoms with E-state index in [0.717, 1.165) is 18.6 Å². The van der Waals surface area contributed by atoms with Crippen molar-refractivity contribution >= 4 is 29.5 Å². The van der Waals surface area contributed by atoms with Gasteiger partial charge in [0.25, 0.3) is 0 Å². The van der Waals surface area contributed by atoms with Gasteiger partial charge in [0, 0.05) is 17.5 Å². The Morgan fingerprint density at radius 2 is 1.86 bits per heavy atom. The average Bonchev–Trinajstić information content (AvgIpc) is 3.49. The minimum Gasteiger partial charge on any atom is -0.466 e. The lowest BCUT2D eigenvalue weighted by molar-refractivity contribution is -0.146. The van der Waals surface area contributed by atoms with Crippen molar-refractivity contribution in [3.63, 3.8) is 0 Å². The van der Waals surface area contributed by atoms with Crippen LogP contribution in [0, 0.1) is 11.8 Å². The van der Waals surface area contributed by atoms with Crippen LogP contribution >= 0.6 is 11.8 Å². The van der Waals surface area contributed by atoms with Crippen LogP contribution in [0.25, 0.3) is 0 Å². The molecule has 1 aromatic carbocycles. The number of thioether (sulfide) groups is 1. The predicted molar refractivity (Wildman–Crippen MR) is 115 cm³/mol. The standard InChI is InChI=1S/C22H32N2O4S/c1-4-9-15(3)23-21(26)19(14-29-13-16-10-7-6-8-11-16)24-20(25)17-12-18(17)22(27)28-5-2/h6-8,10-11,15,17-19H,4-5,9,12-14H2,1-3H3,(H,23,26)(H,24,25)/t15?,17-,18-,19-/m0/s1. The number of amides is 2. The van der Waals surface area contributed by atoms with Gasteiger partial charge in [-0.2, -0.15) is 11.8 Å². The maximum absolute atomic E-state index is 12.7. The van der Waals surface area contributed by atoms with Gasteiger partial charge in [-0.05, 0) is 32.3 Å². The minimum atomic E-state index is -0.626. The summed E-state index contributed by atoms with van der Waals surface area (Å²) in [6, 6.07) is 9.44. The van der Waals surface area contributed by atoms with Crippen LogP contribution in [0.4, 0.5) is 0 Å². The average molecular weight is 421 g/mol. The van der Waals surface area contributed by atoms with E-state index in [1.165, 1.54) is 5.56 Å². The van der Waals surface area contributed by atoms with Crippen molar-refractivity contribution in [3.8, 4) is 0 Å². The zero-order valence-corrected chi connectivity index (χ0v) is 18.3. The first kappa shape index (κ1) is 23.3. The first-order valence-corrected chi connectivity index (χ1v) is 11.5. The third-order valence-corrected chi connectivity index (χ3v) is 5.96. The van der Waals surface area contributed by atoms with Crippen LogP contribution in [0.1, 0.15) is 45.6 Å². The highest BCUT2D eigenvalue weighted by Crippen LogP contribution is 2.39. The topological polar surface area (TPSA) is 84.5 Å². The molecule has 2 N–H and O–H groups in total. The van der Waals surface area contributed by atoms with Gasteiger partial charge in [0.05, 0.1) is 18.4 Å². The quantitative estimate of drug-likeness (QED) is 0.508. The Hall–Kier alpha value is -2.02. The molecule has 2 amide bonds. The van der Waals surface area contributed by atoms with E-state index in [9.17, 15) is 14.4 Å². The fourth-order valence-corrected chi connectivity index (χ4v) is 4.19. The number of hydrogen-bond donors (Lipinski definition) is 2. The van der Waals surface area contributed by atoms with Crippen LogP contribution < -0.4 is 10.6 Å². The summed E-state index contributed by atoms with van der Waals surface area (Å²) in [6.07, 6.45) is 2.35. The monoisotopic (exact) mass is 420 g/mol. The van der Waals surface area contributed by atoms with E-state index < -0.39 is 12.0 Å².